The van der Waals surface area contributed by atoms with Gasteiger partial charge in [0.1, 0.15) is 30.8 Å². The minimum absolute atomic E-state index is 0.00168. The zero-order chi connectivity index (χ0) is 30.5. The number of carbonyl (C=O) groups excluding carboxylic acids is 4. The van der Waals surface area contributed by atoms with E-state index in [1.54, 1.807) is 62.8 Å². The first-order chi connectivity index (χ1) is 20.2. The number of benzene rings is 2. The number of hydrogen-bond donors (Lipinski definition) is 2. The number of amides is 2. The first-order valence-electron chi connectivity index (χ1n) is 13.6. The van der Waals surface area contributed by atoms with Gasteiger partial charge in [-0.2, -0.15) is 0 Å². The minimum atomic E-state index is -0.929. The molecule has 2 aromatic carbocycles. The molecule has 1 fully saturated rings. The highest BCUT2D eigenvalue weighted by molar-refractivity contribution is 8.13. The summed E-state index contributed by atoms with van der Waals surface area (Å²) in [6.45, 7) is 1.79. The normalized spacial score (nSPS) is 16.8. The van der Waals surface area contributed by atoms with Crippen molar-refractivity contribution in [1.82, 2.24) is 10.2 Å². The van der Waals surface area contributed by atoms with Gasteiger partial charge in [0.15, 0.2) is 5.12 Å². The smallest absolute Gasteiger partial charge is 0.407 e. The summed E-state index contributed by atoms with van der Waals surface area (Å²) in [6.07, 6.45) is -0.584. The van der Waals surface area contributed by atoms with E-state index in [2.05, 4.69) is 5.32 Å². The molecule has 0 saturated carbocycles. The standard InChI is InChI=1S/C30H38N2O9S/c1-20(33)42-19-23(5-4-14-31-30(37)41-18-22-8-12-26(39-3)13-9-22)28(35)32-16-24(34)15-27(32)29(36)40-17-21-6-10-25(38-2)11-7-21/h6-13,23-24,27,34H,4-5,14-19H2,1-3H3,(H,31,37)/t23?,24?,27-/m0/s1. The van der Waals surface area contributed by atoms with Crippen LogP contribution in [0.25, 0.3) is 0 Å². The van der Waals surface area contributed by atoms with Crippen molar-refractivity contribution in [3.63, 3.8) is 0 Å². The highest BCUT2D eigenvalue weighted by atomic mass is 32.2. The minimum Gasteiger partial charge on any atom is -0.497 e. The second-order valence-corrected chi connectivity index (χ2v) is 11.0. The largest absolute Gasteiger partial charge is 0.497 e. The van der Waals surface area contributed by atoms with E-state index < -0.39 is 30.1 Å². The number of nitrogens with zero attached hydrogens (tertiary/aromatic N) is 1. The van der Waals surface area contributed by atoms with Crippen molar-refractivity contribution in [3.8, 4) is 11.5 Å². The Morgan fingerprint density at radius 3 is 2.07 bits per heavy atom. The highest BCUT2D eigenvalue weighted by Crippen LogP contribution is 2.26. The molecule has 3 rings (SSSR count). The third kappa shape index (κ3) is 10.3. The van der Waals surface area contributed by atoms with Crippen molar-refractivity contribution < 1.29 is 43.2 Å². The molecule has 228 valence electrons. The van der Waals surface area contributed by atoms with Crippen LogP contribution in [0.4, 0.5) is 4.79 Å². The summed E-state index contributed by atoms with van der Waals surface area (Å²) < 4.78 is 20.9. The van der Waals surface area contributed by atoms with Crippen molar-refractivity contribution >= 4 is 34.8 Å². The first-order valence-corrected chi connectivity index (χ1v) is 14.6. The van der Waals surface area contributed by atoms with Gasteiger partial charge in [0, 0.05) is 38.1 Å². The maximum atomic E-state index is 13.5. The van der Waals surface area contributed by atoms with E-state index in [4.69, 9.17) is 18.9 Å². The number of ether oxygens (including phenoxy) is 4. The maximum Gasteiger partial charge on any atom is 0.407 e. The zero-order valence-corrected chi connectivity index (χ0v) is 24.9. The Labute approximate surface area is 249 Å². The fourth-order valence-electron chi connectivity index (χ4n) is 4.44. The van der Waals surface area contributed by atoms with Crippen molar-refractivity contribution in [2.24, 2.45) is 5.92 Å². The number of likely N-dealkylation sites (tertiary alicyclic amines) is 1. The Morgan fingerprint density at radius 2 is 1.52 bits per heavy atom. The van der Waals surface area contributed by atoms with Gasteiger partial charge in [0.05, 0.1) is 20.3 Å². The number of methoxy groups -OCH3 is 2. The molecule has 42 heavy (non-hydrogen) atoms. The average molecular weight is 603 g/mol. The van der Waals surface area contributed by atoms with E-state index in [-0.39, 0.29) is 49.5 Å². The lowest BCUT2D eigenvalue weighted by Crippen LogP contribution is -2.45. The van der Waals surface area contributed by atoms with Crippen LogP contribution in [0.3, 0.4) is 0 Å². The SMILES string of the molecule is COc1ccc(COC(=O)NCCCC(CSC(C)=O)C(=O)N2CC(O)C[C@H]2C(=O)OCc2ccc(OC)cc2)cc1. The number of carbonyl (C=O) groups is 4. The van der Waals surface area contributed by atoms with Gasteiger partial charge in [-0.15, -0.1) is 0 Å². The van der Waals surface area contributed by atoms with Crippen LogP contribution < -0.4 is 14.8 Å². The van der Waals surface area contributed by atoms with Crippen LogP contribution in [0.2, 0.25) is 0 Å². The maximum absolute atomic E-state index is 13.5. The lowest BCUT2D eigenvalue weighted by Gasteiger charge is -2.27. The number of aliphatic hydroxyl groups excluding tert-OH is 1. The second kappa shape index (κ2) is 16.6. The number of β-amino-alcohol motifs (C(OH)–C–C–N with tert-alkyl or cyclic N) is 1. The predicted molar refractivity (Wildman–Crippen MR) is 156 cm³/mol. The number of thioether (sulfide) groups is 1. The monoisotopic (exact) mass is 602 g/mol. The summed E-state index contributed by atoms with van der Waals surface area (Å²) in [4.78, 5) is 51.6. The number of hydrogen-bond acceptors (Lipinski definition) is 10. The van der Waals surface area contributed by atoms with Crippen LogP contribution in [-0.2, 0) is 37.1 Å². The van der Waals surface area contributed by atoms with E-state index in [1.165, 1.54) is 11.8 Å². The van der Waals surface area contributed by atoms with Gasteiger partial charge < -0.3 is 34.3 Å². The van der Waals surface area contributed by atoms with Crippen molar-refractivity contribution in [3.05, 3.63) is 59.7 Å². The lowest BCUT2D eigenvalue weighted by molar-refractivity contribution is -0.155. The van der Waals surface area contributed by atoms with Crippen LogP contribution >= 0.6 is 11.8 Å². The first kappa shape index (κ1) is 32.7. The molecule has 1 saturated heterocycles. The fourth-order valence-corrected chi connectivity index (χ4v) is 5.19. The van der Waals surface area contributed by atoms with Gasteiger partial charge in [0.25, 0.3) is 0 Å². The fraction of sp³-hybridized carbons (Fsp3) is 0.467. The molecule has 1 aliphatic rings. The van der Waals surface area contributed by atoms with E-state index in [1.807, 2.05) is 0 Å². The summed E-state index contributed by atoms with van der Waals surface area (Å²) in [5, 5.41) is 12.8. The van der Waals surface area contributed by atoms with Gasteiger partial charge in [-0.3, -0.25) is 9.59 Å². The highest BCUT2D eigenvalue weighted by Gasteiger charge is 2.42. The molecule has 11 nitrogen and oxygen atoms in total. The number of rotatable bonds is 14. The van der Waals surface area contributed by atoms with E-state index in [0.717, 1.165) is 22.9 Å². The second-order valence-electron chi connectivity index (χ2n) is 9.84. The molecule has 12 heteroatoms. The van der Waals surface area contributed by atoms with Gasteiger partial charge in [-0.05, 0) is 48.2 Å². The molecule has 0 aromatic heterocycles. The van der Waals surface area contributed by atoms with Crippen LogP contribution in [-0.4, -0.2) is 78.3 Å². The van der Waals surface area contributed by atoms with Crippen LogP contribution in [0, 0.1) is 5.92 Å². The van der Waals surface area contributed by atoms with E-state index in [0.29, 0.717) is 24.3 Å². The molecule has 2 aromatic rings. The number of esters is 1. The van der Waals surface area contributed by atoms with Crippen molar-refractivity contribution in [2.45, 2.75) is 51.5 Å². The lowest BCUT2D eigenvalue weighted by atomic mass is 10.0. The Balaban J connectivity index is 1.51. The summed E-state index contributed by atoms with van der Waals surface area (Å²) >= 11 is 1.02. The Kier molecular flexibility index (Phi) is 13.0. The average Bonchev–Trinajstić information content (AvgIpc) is 3.40. The molecule has 2 amide bonds. The third-order valence-electron chi connectivity index (χ3n) is 6.74. The van der Waals surface area contributed by atoms with Gasteiger partial charge >= 0.3 is 12.1 Å². The molecule has 0 bridgehead atoms. The van der Waals surface area contributed by atoms with Crippen LogP contribution in [0.5, 0.6) is 11.5 Å². The van der Waals surface area contributed by atoms with Crippen LogP contribution in [0.15, 0.2) is 48.5 Å². The van der Waals surface area contributed by atoms with Gasteiger partial charge in [-0.1, -0.05) is 36.0 Å². The Bertz CT molecular complexity index is 1190. The summed E-state index contributed by atoms with van der Waals surface area (Å²) in [7, 11) is 3.13. The van der Waals surface area contributed by atoms with Crippen LogP contribution in [0.1, 0.15) is 37.3 Å². The Hall–Kier alpha value is -3.77. The number of nitrogens with one attached hydrogen (secondary N) is 1. The Morgan fingerprint density at radius 1 is 0.952 bits per heavy atom. The van der Waals surface area contributed by atoms with Crippen molar-refractivity contribution in [1.29, 1.82) is 0 Å². The van der Waals surface area contributed by atoms with Crippen molar-refractivity contribution in [2.75, 3.05) is 33.1 Å². The van der Waals surface area contributed by atoms with Gasteiger partial charge in [-0.25, -0.2) is 9.59 Å². The third-order valence-corrected chi connectivity index (χ3v) is 7.71. The summed E-state index contributed by atoms with van der Waals surface area (Å²) in [5.41, 5.74) is 1.56. The van der Waals surface area contributed by atoms with Gasteiger partial charge in [0.2, 0.25) is 5.91 Å². The molecular formula is C30H38N2O9S. The molecule has 2 N–H and O–H groups in total. The summed E-state index contributed by atoms with van der Waals surface area (Å²) in [5.74, 6) is 0.0596. The predicted octanol–water partition coefficient (Wildman–Crippen LogP) is 3.31. The molecule has 0 radical (unpaired) electrons. The van der Waals surface area contributed by atoms with E-state index in [9.17, 15) is 24.3 Å². The molecule has 2 unspecified atom stereocenters. The summed E-state index contributed by atoms with van der Waals surface area (Å²) in [6, 6.07) is 13.3. The molecular weight excluding hydrogens is 564 g/mol. The topological polar surface area (TPSA) is 141 Å². The molecule has 3 atom stereocenters. The molecule has 1 aliphatic heterocycles. The quantitative estimate of drug-likeness (QED) is 0.244. The number of alkyl carbamates (subject to hydrolysis) is 1. The molecule has 1 heterocycles. The molecule has 0 spiro atoms. The zero-order valence-electron chi connectivity index (χ0n) is 24.1. The van der Waals surface area contributed by atoms with E-state index >= 15 is 0 Å². The number of aliphatic hydroxyl groups is 1. The molecule has 0 aliphatic carbocycles.